The molecule has 0 unspecified atom stereocenters. The van der Waals surface area contributed by atoms with E-state index in [9.17, 15) is 9.59 Å². The standard InChI is InChI=1S/C14H18N2O4/c1-3-19-14(18)9-8-15-10-6-5-7-11(16-20-4-2)12(10)13(9)17/h7-8,16H,3-6H2,1-2H3,(H,15,17). The van der Waals surface area contributed by atoms with Crippen LogP contribution in [-0.2, 0) is 16.0 Å². The van der Waals surface area contributed by atoms with Crippen molar-refractivity contribution in [3.8, 4) is 0 Å². The predicted molar refractivity (Wildman–Crippen MR) is 74.1 cm³/mol. The first-order valence-electron chi connectivity index (χ1n) is 6.69. The van der Waals surface area contributed by atoms with E-state index in [-0.39, 0.29) is 17.6 Å². The van der Waals surface area contributed by atoms with Crippen molar-refractivity contribution in [3.05, 3.63) is 39.3 Å². The molecule has 6 nitrogen and oxygen atoms in total. The summed E-state index contributed by atoms with van der Waals surface area (Å²) in [6.45, 7) is 4.25. The molecule has 0 spiro atoms. The van der Waals surface area contributed by atoms with Gasteiger partial charge in [-0.2, -0.15) is 0 Å². The zero-order valence-corrected chi connectivity index (χ0v) is 11.6. The molecule has 0 saturated carbocycles. The molecule has 20 heavy (non-hydrogen) atoms. The van der Waals surface area contributed by atoms with Crippen LogP contribution in [0.4, 0.5) is 0 Å². The second kappa shape index (κ2) is 6.38. The Kier molecular flexibility index (Phi) is 4.57. The van der Waals surface area contributed by atoms with Gasteiger partial charge in [0.2, 0.25) is 5.43 Å². The lowest BCUT2D eigenvalue weighted by molar-refractivity contribution is 0.0524. The maximum absolute atomic E-state index is 12.4. The first-order valence-corrected chi connectivity index (χ1v) is 6.69. The summed E-state index contributed by atoms with van der Waals surface area (Å²) in [7, 11) is 0. The second-order valence-electron chi connectivity index (χ2n) is 4.30. The van der Waals surface area contributed by atoms with E-state index in [4.69, 9.17) is 9.57 Å². The first-order chi connectivity index (χ1) is 9.69. The SMILES string of the molecule is CCONC1=CCCc2[nH]cc(C(=O)OCC)c(=O)c21. The van der Waals surface area contributed by atoms with E-state index in [0.717, 1.165) is 18.5 Å². The van der Waals surface area contributed by atoms with Crippen molar-refractivity contribution < 1.29 is 14.4 Å². The summed E-state index contributed by atoms with van der Waals surface area (Å²) < 4.78 is 4.89. The third kappa shape index (κ3) is 2.75. The number of nitrogens with one attached hydrogen (secondary N) is 2. The minimum absolute atomic E-state index is 0.0108. The Balaban J connectivity index is 2.42. The molecule has 2 N–H and O–H groups in total. The van der Waals surface area contributed by atoms with Crippen molar-refractivity contribution in [2.24, 2.45) is 0 Å². The Hall–Kier alpha value is -2.08. The average molecular weight is 278 g/mol. The van der Waals surface area contributed by atoms with Crippen LogP contribution < -0.4 is 10.9 Å². The molecular formula is C14H18N2O4. The first kappa shape index (κ1) is 14.3. The fraction of sp³-hybridized carbons (Fsp3) is 0.429. The highest BCUT2D eigenvalue weighted by atomic mass is 16.6. The molecule has 0 fully saturated rings. The Morgan fingerprint density at radius 1 is 1.40 bits per heavy atom. The smallest absolute Gasteiger partial charge is 0.343 e. The van der Waals surface area contributed by atoms with Crippen LogP contribution in [0.25, 0.3) is 5.70 Å². The minimum atomic E-state index is -0.613. The minimum Gasteiger partial charge on any atom is -0.462 e. The lowest BCUT2D eigenvalue weighted by Crippen LogP contribution is -2.28. The van der Waals surface area contributed by atoms with Gasteiger partial charge in [-0.1, -0.05) is 6.08 Å². The molecule has 0 atom stereocenters. The molecule has 1 aromatic heterocycles. The van der Waals surface area contributed by atoms with Crippen LogP contribution in [0, 0.1) is 0 Å². The average Bonchev–Trinajstić information content (AvgIpc) is 2.45. The highest BCUT2D eigenvalue weighted by Crippen LogP contribution is 2.20. The molecule has 1 heterocycles. The van der Waals surface area contributed by atoms with Crippen molar-refractivity contribution in [2.75, 3.05) is 13.2 Å². The fourth-order valence-electron chi connectivity index (χ4n) is 2.12. The molecule has 0 saturated heterocycles. The third-order valence-electron chi connectivity index (χ3n) is 3.00. The summed E-state index contributed by atoms with van der Waals surface area (Å²) in [5, 5.41) is 0. The summed E-state index contributed by atoms with van der Waals surface area (Å²) in [6, 6.07) is 0. The van der Waals surface area contributed by atoms with Crippen LogP contribution in [0.3, 0.4) is 0 Å². The van der Waals surface area contributed by atoms with Gasteiger partial charge < -0.3 is 9.72 Å². The molecule has 108 valence electrons. The number of aromatic amines is 1. The van der Waals surface area contributed by atoms with Crippen LogP contribution >= 0.6 is 0 Å². The maximum atomic E-state index is 12.4. The molecular weight excluding hydrogens is 260 g/mol. The molecule has 1 aromatic rings. The monoisotopic (exact) mass is 278 g/mol. The van der Waals surface area contributed by atoms with Gasteiger partial charge in [-0.25, -0.2) is 4.79 Å². The molecule has 0 amide bonds. The maximum Gasteiger partial charge on any atom is 0.343 e. The molecule has 0 bridgehead atoms. The summed E-state index contributed by atoms with van der Waals surface area (Å²) in [6.07, 6.45) is 4.84. The molecule has 1 aliphatic carbocycles. The number of carbonyl (C=O) groups excluding carboxylic acids is 1. The number of aryl methyl sites for hydroxylation is 1. The molecule has 1 aliphatic rings. The van der Waals surface area contributed by atoms with Crippen molar-refractivity contribution in [2.45, 2.75) is 26.7 Å². The Labute approximate surface area is 116 Å². The molecule has 2 rings (SSSR count). The number of hydrogen-bond acceptors (Lipinski definition) is 5. The second-order valence-corrected chi connectivity index (χ2v) is 4.30. The van der Waals surface area contributed by atoms with Crippen molar-refractivity contribution in [1.82, 2.24) is 10.5 Å². The van der Waals surface area contributed by atoms with Gasteiger partial charge in [-0.05, 0) is 26.7 Å². The number of fused-ring (bicyclic) bond motifs is 1. The normalized spacial score (nSPS) is 13.4. The lowest BCUT2D eigenvalue weighted by atomic mass is 9.98. The van der Waals surface area contributed by atoms with E-state index in [1.54, 1.807) is 6.92 Å². The number of ether oxygens (including phenoxy) is 1. The van der Waals surface area contributed by atoms with Gasteiger partial charge in [-0.3, -0.25) is 15.1 Å². The highest BCUT2D eigenvalue weighted by Gasteiger charge is 2.22. The Morgan fingerprint density at radius 3 is 2.90 bits per heavy atom. The van der Waals surface area contributed by atoms with Gasteiger partial charge in [0.25, 0.3) is 0 Å². The summed E-state index contributed by atoms with van der Waals surface area (Å²) in [5.41, 5.74) is 4.28. The Bertz CT molecular complexity index is 589. The van der Waals surface area contributed by atoms with Crippen LogP contribution in [-0.4, -0.2) is 24.2 Å². The van der Waals surface area contributed by atoms with E-state index in [2.05, 4.69) is 10.5 Å². The topological polar surface area (TPSA) is 80.4 Å². The van der Waals surface area contributed by atoms with E-state index < -0.39 is 5.97 Å². The van der Waals surface area contributed by atoms with E-state index in [1.165, 1.54) is 6.20 Å². The third-order valence-corrected chi connectivity index (χ3v) is 3.00. The van der Waals surface area contributed by atoms with Crippen molar-refractivity contribution >= 4 is 11.7 Å². The van der Waals surface area contributed by atoms with Crippen molar-refractivity contribution in [1.29, 1.82) is 0 Å². The quantitative estimate of drug-likeness (QED) is 0.628. The highest BCUT2D eigenvalue weighted by molar-refractivity contribution is 5.90. The van der Waals surface area contributed by atoms with Gasteiger partial charge in [0.05, 0.1) is 24.5 Å². The number of aromatic nitrogens is 1. The number of hydrogen-bond donors (Lipinski definition) is 2. The van der Waals surface area contributed by atoms with Gasteiger partial charge in [-0.15, -0.1) is 0 Å². The lowest BCUT2D eigenvalue weighted by Gasteiger charge is -2.18. The zero-order chi connectivity index (χ0) is 14.5. The molecule has 0 aromatic carbocycles. The number of allylic oxidation sites excluding steroid dienone is 1. The largest absolute Gasteiger partial charge is 0.462 e. The summed E-state index contributed by atoms with van der Waals surface area (Å²) in [5.74, 6) is -0.613. The number of hydroxylamine groups is 1. The zero-order valence-electron chi connectivity index (χ0n) is 11.6. The van der Waals surface area contributed by atoms with Crippen molar-refractivity contribution in [3.63, 3.8) is 0 Å². The predicted octanol–water partition coefficient (Wildman–Crippen LogP) is 1.38. The van der Waals surface area contributed by atoms with Crippen LogP contribution in [0.15, 0.2) is 17.1 Å². The number of rotatable bonds is 5. The number of pyridine rings is 1. The molecule has 0 radical (unpaired) electrons. The van der Waals surface area contributed by atoms with Gasteiger partial charge >= 0.3 is 5.97 Å². The molecule has 6 heteroatoms. The number of H-pyrrole nitrogens is 1. The fourth-order valence-corrected chi connectivity index (χ4v) is 2.12. The summed E-state index contributed by atoms with van der Waals surface area (Å²) in [4.78, 5) is 32.4. The van der Waals surface area contributed by atoms with Crippen LogP contribution in [0.2, 0.25) is 0 Å². The van der Waals surface area contributed by atoms with Crippen LogP contribution in [0.1, 0.15) is 41.9 Å². The number of carbonyl (C=O) groups is 1. The number of esters is 1. The van der Waals surface area contributed by atoms with E-state index in [0.29, 0.717) is 17.9 Å². The summed E-state index contributed by atoms with van der Waals surface area (Å²) >= 11 is 0. The van der Waals surface area contributed by atoms with E-state index >= 15 is 0 Å². The van der Waals surface area contributed by atoms with Crippen LogP contribution in [0.5, 0.6) is 0 Å². The Morgan fingerprint density at radius 2 is 2.20 bits per heavy atom. The van der Waals surface area contributed by atoms with E-state index in [1.807, 2.05) is 13.0 Å². The van der Waals surface area contributed by atoms with Gasteiger partial charge in [0.1, 0.15) is 5.56 Å². The van der Waals surface area contributed by atoms with Gasteiger partial charge in [0.15, 0.2) is 0 Å². The molecule has 0 aliphatic heterocycles. The van der Waals surface area contributed by atoms with Gasteiger partial charge in [0, 0.05) is 11.9 Å².